The van der Waals surface area contributed by atoms with Gasteiger partial charge in [0, 0.05) is 0 Å². The molecule has 0 radical (unpaired) electrons. The molecule has 2 aromatic rings. The fraction of sp³-hybridized carbons (Fsp3) is 0.350. The quantitative estimate of drug-likeness (QED) is 0.889. The second-order valence-electron chi connectivity index (χ2n) is 6.82. The lowest BCUT2D eigenvalue weighted by Crippen LogP contribution is -2.28. The SMILES string of the molecule is C[C@H](NC(=O)Cc1ccc(C(C)(C)C)cc1)c1ccccc1. The minimum atomic E-state index is 0.0301. The summed E-state index contributed by atoms with van der Waals surface area (Å²) in [7, 11) is 0. The molecule has 0 fully saturated rings. The molecular weight excluding hydrogens is 270 g/mol. The predicted octanol–water partition coefficient (Wildman–Crippen LogP) is 4.40. The van der Waals surface area contributed by atoms with Crippen molar-refractivity contribution in [1.82, 2.24) is 5.32 Å². The lowest BCUT2D eigenvalue weighted by Gasteiger charge is -2.19. The van der Waals surface area contributed by atoms with Gasteiger partial charge in [0.2, 0.25) is 5.91 Å². The number of nitrogens with one attached hydrogen (secondary N) is 1. The van der Waals surface area contributed by atoms with Crippen LogP contribution < -0.4 is 5.32 Å². The number of hydrogen-bond acceptors (Lipinski definition) is 1. The van der Waals surface area contributed by atoms with E-state index in [1.54, 1.807) is 0 Å². The van der Waals surface area contributed by atoms with Crippen molar-refractivity contribution in [2.24, 2.45) is 0 Å². The Morgan fingerprint density at radius 3 is 2.14 bits per heavy atom. The highest BCUT2D eigenvalue weighted by Crippen LogP contribution is 2.22. The van der Waals surface area contributed by atoms with E-state index in [0.29, 0.717) is 6.42 Å². The Kier molecular flexibility index (Phi) is 5.02. The van der Waals surface area contributed by atoms with Gasteiger partial charge >= 0.3 is 0 Å². The number of carbonyl (C=O) groups is 1. The van der Waals surface area contributed by atoms with Gasteiger partial charge in [-0.2, -0.15) is 0 Å². The first-order valence-corrected chi connectivity index (χ1v) is 7.80. The van der Waals surface area contributed by atoms with Gasteiger partial charge in [-0.15, -0.1) is 0 Å². The maximum atomic E-state index is 12.2. The zero-order chi connectivity index (χ0) is 16.2. The fourth-order valence-corrected chi connectivity index (χ4v) is 2.43. The second kappa shape index (κ2) is 6.78. The Hall–Kier alpha value is -2.09. The molecule has 1 N–H and O–H groups in total. The van der Waals surface area contributed by atoms with Gasteiger partial charge in [0.15, 0.2) is 0 Å². The summed E-state index contributed by atoms with van der Waals surface area (Å²) >= 11 is 0. The van der Waals surface area contributed by atoms with Crippen molar-refractivity contribution in [2.75, 3.05) is 0 Å². The third-order valence-corrected chi connectivity index (χ3v) is 3.86. The summed E-state index contributed by atoms with van der Waals surface area (Å²) < 4.78 is 0. The van der Waals surface area contributed by atoms with Gasteiger partial charge in [0.25, 0.3) is 0 Å². The first kappa shape index (κ1) is 16.3. The van der Waals surface area contributed by atoms with Crippen LogP contribution in [0.15, 0.2) is 54.6 Å². The number of benzene rings is 2. The molecule has 1 atom stereocenters. The topological polar surface area (TPSA) is 29.1 Å². The summed E-state index contributed by atoms with van der Waals surface area (Å²) in [4.78, 5) is 12.2. The van der Waals surface area contributed by atoms with Crippen molar-refractivity contribution >= 4 is 5.91 Å². The van der Waals surface area contributed by atoms with Gasteiger partial charge < -0.3 is 5.32 Å². The number of carbonyl (C=O) groups excluding carboxylic acids is 1. The number of rotatable bonds is 4. The summed E-state index contributed by atoms with van der Waals surface area (Å²) in [5, 5.41) is 3.05. The first-order valence-electron chi connectivity index (χ1n) is 7.80. The zero-order valence-electron chi connectivity index (χ0n) is 13.9. The molecule has 2 aromatic carbocycles. The molecule has 2 nitrogen and oxygen atoms in total. The minimum absolute atomic E-state index is 0.0301. The third-order valence-electron chi connectivity index (χ3n) is 3.86. The van der Waals surface area contributed by atoms with Gasteiger partial charge in [-0.25, -0.2) is 0 Å². The molecule has 0 aliphatic rings. The van der Waals surface area contributed by atoms with E-state index in [1.807, 2.05) is 49.4 Å². The molecule has 2 rings (SSSR count). The highest BCUT2D eigenvalue weighted by atomic mass is 16.1. The van der Waals surface area contributed by atoms with Crippen molar-refractivity contribution in [3.63, 3.8) is 0 Å². The Labute approximate surface area is 133 Å². The molecule has 0 saturated heterocycles. The minimum Gasteiger partial charge on any atom is -0.349 e. The molecule has 0 aromatic heterocycles. The summed E-state index contributed by atoms with van der Waals surface area (Å²) in [6, 6.07) is 18.4. The molecule has 0 heterocycles. The first-order chi connectivity index (χ1) is 10.4. The normalized spacial score (nSPS) is 12.7. The van der Waals surface area contributed by atoms with E-state index in [9.17, 15) is 4.79 Å². The van der Waals surface area contributed by atoms with Crippen molar-refractivity contribution < 1.29 is 4.79 Å². The Morgan fingerprint density at radius 2 is 1.59 bits per heavy atom. The molecule has 0 bridgehead atoms. The summed E-state index contributed by atoms with van der Waals surface area (Å²) in [6.45, 7) is 8.58. The molecule has 22 heavy (non-hydrogen) atoms. The van der Waals surface area contributed by atoms with Crippen LogP contribution in [0, 0.1) is 0 Å². The van der Waals surface area contributed by atoms with Gasteiger partial charge in [-0.05, 0) is 29.0 Å². The largest absolute Gasteiger partial charge is 0.349 e. The van der Waals surface area contributed by atoms with Crippen LogP contribution in [0.2, 0.25) is 0 Å². The Balaban J connectivity index is 1.95. The monoisotopic (exact) mass is 295 g/mol. The van der Waals surface area contributed by atoms with Crippen LogP contribution in [0.1, 0.15) is 50.4 Å². The van der Waals surface area contributed by atoms with Crippen LogP contribution >= 0.6 is 0 Å². The molecule has 0 unspecified atom stereocenters. The lowest BCUT2D eigenvalue weighted by atomic mass is 9.86. The summed E-state index contributed by atoms with van der Waals surface area (Å²) in [5.41, 5.74) is 3.60. The van der Waals surface area contributed by atoms with Crippen LogP contribution in [-0.2, 0) is 16.6 Å². The standard InChI is InChI=1S/C20H25NO/c1-15(17-8-6-5-7-9-17)21-19(22)14-16-10-12-18(13-11-16)20(2,3)4/h5-13,15H,14H2,1-4H3,(H,21,22)/t15-/m0/s1. The average molecular weight is 295 g/mol. The van der Waals surface area contributed by atoms with E-state index in [4.69, 9.17) is 0 Å². The maximum Gasteiger partial charge on any atom is 0.224 e. The van der Waals surface area contributed by atoms with E-state index in [-0.39, 0.29) is 17.4 Å². The van der Waals surface area contributed by atoms with Crippen LogP contribution in [0.3, 0.4) is 0 Å². The molecule has 0 aliphatic carbocycles. The van der Waals surface area contributed by atoms with Crippen LogP contribution in [0.25, 0.3) is 0 Å². The average Bonchev–Trinajstić information content (AvgIpc) is 2.47. The lowest BCUT2D eigenvalue weighted by molar-refractivity contribution is -0.121. The Bertz CT molecular complexity index is 608. The van der Waals surface area contributed by atoms with Crippen LogP contribution in [0.4, 0.5) is 0 Å². The molecule has 0 aliphatic heterocycles. The molecular formula is C20H25NO. The van der Waals surface area contributed by atoms with Crippen LogP contribution in [-0.4, -0.2) is 5.91 Å². The highest BCUT2D eigenvalue weighted by molar-refractivity contribution is 5.79. The van der Waals surface area contributed by atoms with Crippen LogP contribution in [0.5, 0.6) is 0 Å². The second-order valence-corrected chi connectivity index (χ2v) is 6.82. The van der Waals surface area contributed by atoms with Gasteiger partial charge in [-0.1, -0.05) is 75.4 Å². The highest BCUT2D eigenvalue weighted by Gasteiger charge is 2.14. The number of hydrogen-bond donors (Lipinski definition) is 1. The van der Waals surface area contributed by atoms with E-state index in [0.717, 1.165) is 11.1 Å². The van der Waals surface area contributed by atoms with Gasteiger partial charge in [0.05, 0.1) is 12.5 Å². The zero-order valence-corrected chi connectivity index (χ0v) is 13.9. The van der Waals surface area contributed by atoms with Crippen molar-refractivity contribution in [1.29, 1.82) is 0 Å². The van der Waals surface area contributed by atoms with E-state index in [2.05, 4.69) is 38.2 Å². The fourth-order valence-electron chi connectivity index (χ4n) is 2.43. The third kappa shape index (κ3) is 4.45. The summed E-state index contributed by atoms with van der Waals surface area (Å²) in [6.07, 6.45) is 0.418. The molecule has 116 valence electrons. The van der Waals surface area contributed by atoms with Crippen molar-refractivity contribution in [3.05, 3.63) is 71.3 Å². The molecule has 0 spiro atoms. The van der Waals surface area contributed by atoms with Crippen molar-refractivity contribution in [3.8, 4) is 0 Å². The smallest absolute Gasteiger partial charge is 0.224 e. The maximum absolute atomic E-state index is 12.2. The van der Waals surface area contributed by atoms with Gasteiger partial charge in [-0.3, -0.25) is 4.79 Å². The summed E-state index contributed by atoms with van der Waals surface area (Å²) in [5.74, 6) is 0.0554. The van der Waals surface area contributed by atoms with E-state index < -0.39 is 0 Å². The molecule has 1 amide bonds. The predicted molar refractivity (Wildman–Crippen MR) is 91.8 cm³/mol. The molecule has 0 saturated carbocycles. The van der Waals surface area contributed by atoms with E-state index >= 15 is 0 Å². The van der Waals surface area contributed by atoms with E-state index in [1.165, 1.54) is 5.56 Å². The van der Waals surface area contributed by atoms with Crippen molar-refractivity contribution in [2.45, 2.75) is 45.6 Å². The van der Waals surface area contributed by atoms with Gasteiger partial charge in [0.1, 0.15) is 0 Å². The number of amides is 1. The molecule has 2 heteroatoms. The Morgan fingerprint density at radius 1 is 1.00 bits per heavy atom.